The number of H-pyrrole nitrogens is 1. The molecule has 0 aliphatic heterocycles. The monoisotopic (exact) mass is 264 g/mol. The van der Waals surface area contributed by atoms with Crippen LogP contribution in [0.3, 0.4) is 0 Å². The zero-order chi connectivity index (χ0) is 13.1. The Labute approximate surface area is 110 Å². The minimum atomic E-state index is -0.113. The molecule has 94 valence electrons. The Hall–Kier alpha value is -2.01. The first kappa shape index (κ1) is 12.4. The summed E-state index contributed by atoms with van der Waals surface area (Å²) >= 11 is 5.89. The molecule has 5 nitrogen and oxygen atoms in total. The third-order valence-corrected chi connectivity index (χ3v) is 2.90. The van der Waals surface area contributed by atoms with Gasteiger partial charge in [-0.05, 0) is 18.2 Å². The van der Waals surface area contributed by atoms with Crippen LogP contribution in [-0.4, -0.2) is 28.1 Å². The van der Waals surface area contributed by atoms with Crippen molar-refractivity contribution in [3.63, 3.8) is 0 Å². The maximum absolute atomic E-state index is 12.1. The molecule has 1 amide bonds. The summed E-state index contributed by atoms with van der Waals surface area (Å²) in [6.07, 6.45) is 3.43. The molecule has 3 N–H and O–H groups in total. The molecule has 1 aromatic heterocycles. The molecule has 0 fully saturated rings. The van der Waals surface area contributed by atoms with Gasteiger partial charge < -0.3 is 10.6 Å². The van der Waals surface area contributed by atoms with Crippen LogP contribution in [-0.2, 0) is 6.54 Å². The number of aromatic nitrogens is 2. The molecule has 2 aromatic rings. The summed E-state index contributed by atoms with van der Waals surface area (Å²) < 4.78 is 0. The van der Waals surface area contributed by atoms with E-state index in [1.54, 1.807) is 42.5 Å². The van der Waals surface area contributed by atoms with E-state index in [4.69, 9.17) is 17.3 Å². The van der Waals surface area contributed by atoms with Crippen molar-refractivity contribution >= 4 is 23.2 Å². The van der Waals surface area contributed by atoms with Gasteiger partial charge in [0.1, 0.15) is 0 Å². The maximum atomic E-state index is 12.1. The van der Waals surface area contributed by atoms with Crippen molar-refractivity contribution in [2.75, 3.05) is 12.8 Å². The largest absolute Gasteiger partial charge is 0.398 e. The molecule has 0 spiro atoms. The van der Waals surface area contributed by atoms with Crippen LogP contribution < -0.4 is 5.73 Å². The van der Waals surface area contributed by atoms with Crippen LogP contribution in [0.1, 0.15) is 15.9 Å². The zero-order valence-corrected chi connectivity index (χ0v) is 10.6. The Bertz CT molecular complexity index is 553. The molecule has 1 aromatic carbocycles. The van der Waals surface area contributed by atoms with Gasteiger partial charge in [-0.15, -0.1) is 0 Å². The summed E-state index contributed by atoms with van der Waals surface area (Å²) in [4.78, 5) is 13.7. The van der Waals surface area contributed by atoms with E-state index in [1.165, 1.54) is 0 Å². The van der Waals surface area contributed by atoms with Gasteiger partial charge in [0.25, 0.3) is 5.91 Å². The van der Waals surface area contributed by atoms with Crippen LogP contribution >= 0.6 is 11.6 Å². The van der Waals surface area contributed by atoms with Crippen molar-refractivity contribution in [3.05, 3.63) is 46.7 Å². The fourth-order valence-corrected chi connectivity index (χ4v) is 1.77. The number of nitrogen functional groups attached to an aromatic ring is 1. The number of nitrogens with one attached hydrogen (secondary N) is 1. The first-order chi connectivity index (χ1) is 8.58. The molecule has 0 saturated heterocycles. The van der Waals surface area contributed by atoms with E-state index in [2.05, 4.69) is 10.2 Å². The quantitative estimate of drug-likeness (QED) is 0.832. The fourth-order valence-electron chi connectivity index (χ4n) is 1.59. The molecule has 0 radical (unpaired) electrons. The molecule has 0 bridgehead atoms. The predicted molar refractivity (Wildman–Crippen MR) is 70.2 cm³/mol. The zero-order valence-electron chi connectivity index (χ0n) is 9.85. The Kier molecular flexibility index (Phi) is 3.53. The number of halogens is 1. The van der Waals surface area contributed by atoms with Crippen LogP contribution in [0.5, 0.6) is 0 Å². The van der Waals surface area contributed by atoms with Gasteiger partial charge in [-0.3, -0.25) is 9.89 Å². The van der Waals surface area contributed by atoms with Gasteiger partial charge in [-0.2, -0.15) is 5.10 Å². The van der Waals surface area contributed by atoms with Crippen LogP contribution in [0.4, 0.5) is 5.69 Å². The summed E-state index contributed by atoms with van der Waals surface area (Å²) in [6, 6.07) is 4.86. The smallest absolute Gasteiger partial charge is 0.253 e. The highest BCUT2D eigenvalue weighted by Crippen LogP contribution is 2.20. The molecule has 0 aliphatic carbocycles. The van der Waals surface area contributed by atoms with Crippen LogP contribution in [0.25, 0.3) is 0 Å². The van der Waals surface area contributed by atoms with Gasteiger partial charge >= 0.3 is 0 Å². The number of carbonyl (C=O) groups is 1. The second-order valence-corrected chi connectivity index (χ2v) is 4.41. The maximum Gasteiger partial charge on any atom is 0.253 e. The average molecular weight is 265 g/mol. The second-order valence-electron chi connectivity index (χ2n) is 4.00. The van der Waals surface area contributed by atoms with Crippen molar-refractivity contribution in [1.82, 2.24) is 15.1 Å². The molecular formula is C12H13ClN4O. The topological polar surface area (TPSA) is 75.0 Å². The number of hydrogen-bond acceptors (Lipinski definition) is 3. The van der Waals surface area contributed by atoms with Gasteiger partial charge in [-0.1, -0.05) is 11.6 Å². The number of aromatic amines is 1. The van der Waals surface area contributed by atoms with E-state index in [1.807, 2.05) is 0 Å². The highest BCUT2D eigenvalue weighted by atomic mass is 35.5. The van der Waals surface area contributed by atoms with E-state index < -0.39 is 0 Å². The van der Waals surface area contributed by atoms with Gasteiger partial charge in [0.2, 0.25) is 0 Å². The average Bonchev–Trinajstić information content (AvgIpc) is 2.84. The summed E-state index contributed by atoms with van der Waals surface area (Å²) in [7, 11) is 1.72. The van der Waals surface area contributed by atoms with Gasteiger partial charge in [-0.25, -0.2) is 0 Å². The SMILES string of the molecule is CN(Cc1cn[nH]c1)C(=O)c1ccc(N)c(Cl)c1. The van der Waals surface area contributed by atoms with Gasteiger partial charge in [0.05, 0.1) is 16.9 Å². The van der Waals surface area contributed by atoms with E-state index in [0.717, 1.165) is 5.56 Å². The standard InChI is InChI=1S/C12H13ClN4O/c1-17(7-8-5-15-16-6-8)12(18)9-2-3-11(14)10(13)4-9/h2-6H,7,14H2,1H3,(H,15,16). The van der Waals surface area contributed by atoms with E-state index in [0.29, 0.717) is 22.8 Å². The summed E-state index contributed by atoms with van der Waals surface area (Å²) in [6.45, 7) is 0.483. The van der Waals surface area contributed by atoms with E-state index in [9.17, 15) is 4.79 Å². The minimum absolute atomic E-state index is 0.113. The number of benzene rings is 1. The van der Waals surface area contributed by atoms with E-state index in [-0.39, 0.29) is 5.91 Å². The Balaban J connectivity index is 2.12. The van der Waals surface area contributed by atoms with Crippen LogP contribution in [0.15, 0.2) is 30.6 Å². The highest BCUT2D eigenvalue weighted by molar-refractivity contribution is 6.33. The summed E-state index contributed by atoms with van der Waals surface area (Å²) in [5, 5.41) is 6.92. The Morgan fingerprint density at radius 1 is 1.56 bits per heavy atom. The molecule has 18 heavy (non-hydrogen) atoms. The first-order valence-electron chi connectivity index (χ1n) is 5.36. The molecule has 2 rings (SSSR count). The summed E-state index contributed by atoms with van der Waals surface area (Å²) in [5.74, 6) is -0.113. The number of amides is 1. The van der Waals surface area contributed by atoms with Gasteiger partial charge in [0, 0.05) is 30.9 Å². The van der Waals surface area contributed by atoms with Crippen LogP contribution in [0.2, 0.25) is 5.02 Å². The lowest BCUT2D eigenvalue weighted by atomic mass is 10.2. The lowest BCUT2D eigenvalue weighted by molar-refractivity contribution is 0.0785. The Morgan fingerprint density at radius 3 is 2.94 bits per heavy atom. The van der Waals surface area contributed by atoms with Crippen molar-refractivity contribution in [3.8, 4) is 0 Å². The number of nitrogens with two attached hydrogens (primary N) is 1. The Morgan fingerprint density at radius 2 is 2.33 bits per heavy atom. The second kappa shape index (κ2) is 5.10. The minimum Gasteiger partial charge on any atom is -0.398 e. The van der Waals surface area contributed by atoms with Crippen LogP contribution in [0, 0.1) is 0 Å². The molecule has 6 heteroatoms. The number of anilines is 1. The van der Waals surface area contributed by atoms with Gasteiger partial charge in [0.15, 0.2) is 0 Å². The molecule has 0 unspecified atom stereocenters. The predicted octanol–water partition coefficient (Wildman–Crippen LogP) is 1.92. The third-order valence-electron chi connectivity index (χ3n) is 2.57. The fraction of sp³-hybridized carbons (Fsp3) is 0.167. The van der Waals surface area contributed by atoms with Crippen molar-refractivity contribution in [2.45, 2.75) is 6.54 Å². The molecule has 0 atom stereocenters. The first-order valence-corrected chi connectivity index (χ1v) is 5.74. The van der Waals surface area contributed by atoms with Crippen molar-refractivity contribution in [2.24, 2.45) is 0 Å². The third kappa shape index (κ3) is 2.62. The normalized spacial score (nSPS) is 10.3. The molecular weight excluding hydrogens is 252 g/mol. The highest BCUT2D eigenvalue weighted by Gasteiger charge is 2.13. The number of nitrogens with zero attached hydrogens (tertiary/aromatic N) is 2. The number of hydrogen-bond donors (Lipinski definition) is 2. The number of rotatable bonds is 3. The molecule has 1 heterocycles. The lowest BCUT2D eigenvalue weighted by Gasteiger charge is -2.16. The number of carbonyl (C=O) groups excluding carboxylic acids is 1. The lowest BCUT2D eigenvalue weighted by Crippen LogP contribution is -2.26. The van der Waals surface area contributed by atoms with Crippen molar-refractivity contribution in [1.29, 1.82) is 0 Å². The van der Waals surface area contributed by atoms with Crippen molar-refractivity contribution < 1.29 is 4.79 Å². The van der Waals surface area contributed by atoms with E-state index >= 15 is 0 Å². The molecule has 0 saturated carbocycles. The molecule has 0 aliphatic rings. The summed E-state index contributed by atoms with van der Waals surface area (Å²) in [5.41, 5.74) is 7.52.